The first kappa shape index (κ1) is 41.8. The highest BCUT2D eigenvalue weighted by atomic mass is 14.5. The molecule has 0 aromatic heterocycles. The minimum atomic E-state index is -0.508. The first-order chi connectivity index (χ1) is 34.0. The van der Waals surface area contributed by atoms with E-state index >= 15 is 0 Å². The van der Waals surface area contributed by atoms with Crippen LogP contribution in [0.1, 0.15) is 66.8 Å². The molecule has 0 atom stereocenters. The van der Waals surface area contributed by atoms with Crippen LogP contribution in [0.4, 0.5) is 0 Å². The van der Waals surface area contributed by atoms with Crippen molar-refractivity contribution in [2.24, 2.45) is 0 Å². The molecule has 0 bridgehead atoms. The van der Waals surface area contributed by atoms with Crippen LogP contribution in [0, 0.1) is 13.8 Å². The Morgan fingerprint density at radius 1 is 0.319 bits per heavy atom. The summed E-state index contributed by atoms with van der Waals surface area (Å²) in [4.78, 5) is 0. The average molecular weight is 879 g/mol. The van der Waals surface area contributed by atoms with Gasteiger partial charge < -0.3 is 0 Å². The molecule has 0 heterocycles. The summed E-state index contributed by atoms with van der Waals surface area (Å²) in [7, 11) is 0. The van der Waals surface area contributed by atoms with Gasteiger partial charge in [0, 0.05) is 0 Å². The average Bonchev–Trinajstić information content (AvgIpc) is 3.71. The molecule has 11 aromatic carbocycles. The Kier molecular flexibility index (Phi) is 10.7. The highest BCUT2D eigenvalue weighted by molar-refractivity contribution is 6.04. The van der Waals surface area contributed by atoms with Gasteiger partial charge in [-0.25, -0.2) is 0 Å². The van der Waals surface area contributed by atoms with Crippen LogP contribution in [-0.4, -0.2) is 0 Å². The molecule has 0 fully saturated rings. The van der Waals surface area contributed by atoms with Crippen LogP contribution >= 0.6 is 0 Å². The Bertz CT molecular complexity index is 3680. The molecule has 0 amide bonds. The van der Waals surface area contributed by atoms with Gasteiger partial charge in [-0.2, -0.15) is 0 Å². The van der Waals surface area contributed by atoms with Crippen molar-refractivity contribution >= 4 is 44.8 Å². The SMILES string of the molecule is Cc1ccc(C(=Cc2ccc(-c3ccc(C4(c5ccc(C=C(c6ccc(C)cc6)c6cccc7ccccc67)cc5)c5ccccc5-c5ccccc54)cc3)cc2)c2cccc3ccccc23)cc1. The molecule has 1 aliphatic carbocycles. The lowest BCUT2D eigenvalue weighted by Gasteiger charge is -2.34. The Hall–Kier alpha value is -8.58. The summed E-state index contributed by atoms with van der Waals surface area (Å²) in [5.41, 5.74) is 21.7. The fourth-order valence-corrected chi connectivity index (χ4v) is 10.9. The quantitative estimate of drug-likeness (QED) is 0.127. The molecule has 0 saturated carbocycles. The molecule has 326 valence electrons. The van der Waals surface area contributed by atoms with E-state index in [0.29, 0.717) is 0 Å². The van der Waals surface area contributed by atoms with E-state index in [2.05, 4.69) is 281 Å². The van der Waals surface area contributed by atoms with Crippen molar-refractivity contribution in [1.29, 1.82) is 0 Å². The number of fused-ring (bicyclic) bond motifs is 5. The van der Waals surface area contributed by atoms with Crippen molar-refractivity contribution in [3.8, 4) is 22.3 Å². The molecule has 0 N–H and O–H groups in total. The van der Waals surface area contributed by atoms with E-state index in [-0.39, 0.29) is 0 Å². The van der Waals surface area contributed by atoms with Crippen molar-refractivity contribution in [2.75, 3.05) is 0 Å². The van der Waals surface area contributed by atoms with Crippen molar-refractivity contribution in [3.05, 3.63) is 322 Å². The lowest BCUT2D eigenvalue weighted by atomic mass is 9.67. The van der Waals surface area contributed by atoms with Crippen molar-refractivity contribution in [3.63, 3.8) is 0 Å². The zero-order valence-corrected chi connectivity index (χ0v) is 38.9. The molecule has 11 aromatic rings. The van der Waals surface area contributed by atoms with Crippen LogP contribution in [0.5, 0.6) is 0 Å². The standard InChI is InChI=1S/C69H50/c1-47-25-33-55(34-26-47)65(61-21-11-15-53-13-3-5-17-59(53)61)45-49-29-37-51(38-30-49)52-39-43-58(44-40-52)69(67-23-9-7-19-63(67)64-20-8-10-24-68(64)69)57-41-31-50(32-42-57)46-66(56-35-27-48(2)28-36-56)62-22-12-16-54-14-4-6-18-60(54)62/h3-46H,1-2H3. The minimum Gasteiger partial charge on any atom is -0.0619 e. The Balaban J connectivity index is 0.934. The summed E-state index contributed by atoms with van der Waals surface area (Å²) in [5.74, 6) is 0. The van der Waals surface area contributed by atoms with Crippen molar-refractivity contribution < 1.29 is 0 Å². The third-order valence-electron chi connectivity index (χ3n) is 14.4. The second-order valence-electron chi connectivity index (χ2n) is 18.6. The molecule has 0 spiro atoms. The Labute approximate surface area is 405 Å². The van der Waals surface area contributed by atoms with Gasteiger partial charge in [0.2, 0.25) is 0 Å². The van der Waals surface area contributed by atoms with E-state index in [1.54, 1.807) is 0 Å². The van der Waals surface area contributed by atoms with Gasteiger partial charge in [-0.3, -0.25) is 0 Å². The maximum atomic E-state index is 2.36. The number of benzene rings is 11. The highest BCUT2D eigenvalue weighted by Gasteiger charge is 2.45. The molecule has 1 aliphatic rings. The maximum absolute atomic E-state index is 2.36. The van der Waals surface area contributed by atoms with Gasteiger partial charge in [-0.1, -0.05) is 266 Å². The second kappa shape index (κ2) is 17.6. The van der Waals surface area contributed by atoms with Crippen LogP contribution in [0.25, 0.3) is 67.1 Å². The predicted octanol–water partition coefficient (Wildman–Crippen LogP) is 17.8. The van der Waals surface area contributed by atoms with E-state index in [0.717, 1.165) is 5.56 Å². The summed E-state index contributed by atoms with van der Waals surface area (Å²) in [6.07, 6.45) is 4.70. The number of hydrogen-bond donors (Lipinski definition) is 0. The molecular formula is C69H50. The monoisotopic (exact) mass is 878 g/mol. The van der Waals surface area contributed by atoms with Crippen LogP contribution in [-0.2, 0) is 5.41 Å². The van der Waals surface area contributed by atoms with Gasteiger partial charge in [0.05, 0.1) is 5.41 Å². The molecule has 0 unspecified atom stereocenters. The molecule has 12 rings (SSSR count). The molecule has 0 nitrogen and oxygen atoms in total. The summed E-state index contributed by atoms with van der Waals surface area (Å²) >= 11 is 0. The first-order valence-corrected chi connectivity index (χ1v) is 24.1. The lowest BCUT2D eigenvalue weighted by molar-refractivity contribution is 0.768. The Morgan fingerprint density at radius 3 is 1.14 bits per heavy atom. The van der Waals surface area contributed by atoms with E-state index in [4.69, 9.17) is 0 Å². The zero-order valence-electron chi connectivity index (χ0n) is 38.9. The van der Waals surface area contributed by atoms with E-state index < -0.39 is 5.41 Å². The topological polar surface area (TPSA) is 0 Å². The van der Waals surface area contributed by atoms with Gasteiger partial charge in [0.15, 0.2) is 0 Å². The van der Waals surface area contributed by atoms with Gasteiger partial charge in [-0.15, -0.1) is 0 Å². The van der Waals surface area contributed by atoms with Crippen molar-refractivity contribution in [1.82, 2.24) is 0 Å². The maximum Gasteiger partial charge on any atom is 0.0713 e. The van der Waals surface area contributed by atoms with E-state index in [1.807, 2.05) is 0 Å². The van der Waals surface area contributed by atoms with Crippen LogP contribution in [0.2, 0.25) is 0 Å². The lowest BCUT2D eigenvalue weighted by Crippen LogP contribution is -2.28. The van der Waals surface area contributed by atoms with Gasteiger partial charge in [-0.05, 0) is 137 Å². The van der Waals surface area contributed by atoms with Crippen molar-refractivity contribution in [2.45, 2.75) is 19.3 Å². The second-order valence-corrected chi connectivity index (χ2v) is 18.6. The third-order valence-corrected chi connectivity index (χ3v) is 14.4. The third kappa shape index (κ3) is 7.52. The number of aryl methyl sites for hydroxylation is 2. The molecule has 0 heteroatoms. The van der Waals surface area contributed by atoms with E-state index in [1.165, 1.54) is 116 Å². The highest BCUT2D eigenvalue weighted by Crippen LogP contribution is 2.56. The Morgan fingerprint density at radius 2 is 0.681 bits per heavy atom. The normalized spacial score (nSPS) is 13.1. The minimum absolute atomic E-state index is 0.508. The molecular weight excluding hydrogens is 829 g/mol. The van der Waals surface area contributed by atoms with Gasteiger partial charge in [0.1, 0.15) is 0 Å². The predicted molar refractivity (Wildman–Crippen MR) is 293 cm³/mol. The van der Waals surface area contributed by atoms with Gasteiger partial charge in [0.25, 0.3) is 0 Å². The molecule has 0 saturated heterocycles. The van der Waals surface area contributed by atoms with Gasteiger partial charge >= 0.3 is 0 Å². The first-order valence-electron chi connectivity index (χ1n) is 24.1. The fourth-order valence-electron chi connectivity index (χ4n) is 10.9. The fraction of sp³-hybridized carbons (Fsp3) is 0.0435. The summed E-state index contributed by atoms with van der Waals surface area (Å²) in [6.45, 7) is 4.30. The molecule has 0 radical (unpaired) electrons. The van der Waals surface area contributed by atoms with Crippen LogP contribution in [0.3, 0.4) is 0 Å². The molecule has 0 aliphatic heterocycles. The van der Waals surface area contributed by atoms with Crippen LogP contribution < -0.4 is 0 Å². The number of rotatable bonds is 9. The largest absolute Gasteiger partial charge is 0.0713 e. The summed E-state index contributed by atoms with van der Waals surface area (Å²) in [5, 5.41) is 4.99. The van der Waals surface area contributed by atoms with E-state index in [9.17, 15) is 0 Å². The summed E-state index contributed by atoms with van der Waals surface area (Å²) in [6, 6.07) is 94.2. The smallest absolute Gasteiger partial charge is 0.0619 e. The molecule has 69 heavy (non-hydrogen) atoms. The zero-order chi connectivity index (χ0) is 46.3. The number of hydrogen-bond acceptors (Lipinski definition) is 0. The summed E-state index contributed by atoms with van der Waals surface area (Å²) < 4.78 is 0. The van der Waals surface area contributed by atoms with Crippen LogP contribution in [0.15, 0.2) is 255 Å².